The van der Waals surface area contributed by atoms with Gasteiger partial charge in [-0.25, -0.2) is 19.7 Å². The molecule has 0 aliphatic carbocycles. The molecule has 1 fully saturated rings. The number of methoxy groups -OCH3 is 1. The van der Waals surface area contributed by atoms with Crippen LogP contribution in [0.2, 0.25) is 0 Å². The van der Waals surface area contributed by atoms with Gasteiger partial charge in [-0.15, -0.1) is 0 Å². The molecule has 1 saturated heterocycles. The number of urea groups is 1. The summed E-state index contributed by atoms with van der Waals surface area (Å²) in [6.45, 7) is 5.66. The highest BCUT2D eigenvalue weighted by Gasteiger charge is 2.50. The zero-order valence-electron chi connectivity index (χ0n) is 15.8. The highest BCUT2D eigenvalue weighted by molar-refractivity contribution is 6.22. The molecule has 8 heteroatoms. The number of benzene rings is 1. The number of anilines is 1. The van der Waals surface area contributed by atoms with E-state index in [0.717, 1.165) is 10.5 Å². The maximum atomic E-state index is 12.8. The van der Waals surface area contributed by atoms with Gasteiger partial charge in [-0.2, -0.15) is 0 Å². The van der Waals surface area contributed by atoms with Gasteiger partial charge in [0.25, 0.3) is 5.91 Å². The number of carbonyl (C=O) groups is 2. The highest BCUT2D eigenvalue weighted by Crippen LogP contribution is 2.31. The number of ether oxygens (including phenoxy) is 2. The molecule has 1 aliphatic heterocycles. The first-order valence-electron chi connectivity index (χ1n) is 8.75. The number of rotatable bonds is 6. The number of amides is 3. The average molecular weight is 370 g/mol. The Labute approximate surface area is 157 Å². The number of aromatic nitrogens is 2. The first-order chi connectivity index (χ1) is 12.9. The lowest BCUT2D eigenvalue weighted by molar-refractivity contribution is -0.122. The van der Waals surface area contributed by atoms with Gasteiger partial charge in [-0.05, 0) is 31.4 Å². The van der Waals surface area contributed by atoms with Crippen LogP contribution in [0.1, 0.15) is 32.3 Å². The summed E-state index contributed by atoms with van der Waals surface area (Å²) in [7, 11) is 1.58. The van der Waals surface area contributed by atoms with Crippen molar-refractivity contribution in [2.75, 3.05) is 12.0 Å². The van der Waals surface area contributed by atoms with Gasteiger partial charge in [-0.1, -0.05) is 19.9 Å². The van der Waals surface area contributed by atoms with Gasteiger partial charge in [0, 0.05) is 12.1 Å². The summed E-state index contributed by atoms with van der Waals surface area (Å²) in [6, 6.07) is 6.36. The van der Waals surface area contributed by atoms with Crippen molar-refractivity contribution in [3.05, 3.63) is 36.2 Å². The molecule has 3 amide bonds. The molecular formula is C19H22N4O4. The van der Waals surface area contributed by atoms with Gasteiger partial charge in [0.2, 0.25) is 5.88 Å². The minimum atomic E-state index is -0.895. The molecule has 2 aromatic rings. The van der Waals surface area contributed by atoms with Crippen molar-refractivity contribution in [3.8, 4) is 17.4 Å². The summed E-state index contributed by atoms with van der Waals surface area (Å²) >= 11 is 0. The fraction of sp³-hybridized carbons (Fsp3) is 0.368. The Morgan fingerprint density at radius 2 is 1.89 bits per heavy atom. The van der Waals surface area contributed by atoms with E-state index in [4.69, 9.17) is 9.47 Å². The molecule has 1 aromatic carbocycles. The Kier molecular flexibility index (Phi) is 4.98. The van der Waals surface area contributed by atoms with Crippen molar-refractivity contribution < 1.29 is 19.1 Å². The van der Waals surface area contributed by atoms with Crippen LogP contribution in [-0.2, 0) is 4.79 Å². The monoisotopic (exact) mass is 370 g/mol. The largest absolute Gasteiger partial charge is 0.496 e. The number of hydrogen-bond donors (Lipinski definition) is 1. The molecule has 1 N–H and O–H groups in total. The van der Waals surface area contributed by atoms with Gasteiger partial charge in [-0.3, -0.25) is 4.79 Å². The number of aryl methyl sites for hydroxylation is 1. The van der Waals surface area contributed by atoms with Crippen LogP contribution in [0.4, 0.5) is 10.6 Å². The topological polar surface area (TPSA) is 93.7 Å². The molecule has 27 heavy (non-hydrogen) atoms. The Hall–Kier alpha value is -3.16. The van der Waals surface area contributed by atoms with E-state index in [-0.39, 0.29) is 17.6 Å². The van der Waals surface area contributed by atoms with Crippen LogP contribution in [0.15, 0.2) is 30.6 Å². The van der Waals surface area contributed by atoms with Gasteiger partial charge in [0.1, 0.15) is 23.4 Å². The second kappa shape index (κ2) is 7.22. The molecule has 1 aliphatic rings. The van der Waals surface area contributed by atoms with Crippen molar-refractivity contribution in [1.29, 1.82) is 0 Å². The predicted octanol–water partition coefficient (Wildman–Crippen LogP) is 3.20. The van der Waals surface area contributed by atoms with E-state index in [1.165, 1.54) is 12.4 Å². The Morgan fingerprint density at radius 3 is 2.52 bits per heavy atom. The first-order valence-corrected chi connectivity index (χ1v) is 8.75. The second-order valence-corrected chi connectivity index (χ2v) is 6.31. The lowest BCUT2D eigenvalue weighted by atomic mass is 9.93. The van der Waals surface area contributed by atoms with Gasteiger partial charge >= 0.3 is 6.03 Å². The van der Waals surface area contributed by atoms with Gasteiger partial charge in [0.15, 0.2) is 5.82 Å². The van der Waals surface area contributed by atoms with E-state index < -0.39 is 11.6 Å². The molecule has 0 radical (unpaired) electrons. The SMILES string of the molecule is CCC1(CC)NC(=O)N(c2cc(Oc3ccc(C)c(OC)c3)ncn2)C1=O. The second-order valence-electron chi connectivity index (χ2n) is 6.31. The van der Waals surface area contributed by atoms with Crippen LogP contribution >= 0.6 is 0 Å². The first kappa shape index (κ1) is 18.6. The number of hydrogen-bond acceptors (Lipinski definition) is 6. The number of nitrogens with zero attached hydrogens (tertiary/aromatic N) is 3. The fourth-order valence-corrected chi connectivity index (χ4v) is 3.05. The van der Waals surface area contributed by atoms with Crippen LogP contribution < -0.4 is 19.7 Å². The van der Waals surface area contributed by atoms with E-state index in [0.29, 0.717) is 24.3 Å². The fourth-order valence-electron chi connectivity index (χ4n) is 3.05. The third kappa shape index (κ3) is 3.30. The summed E-state index contributed by atoms with van der Waals surface area (Å²) < 4.78 is 11.0. The number of nitrogens with one attached hydrogen (secondary N) is 1. The van der Waals surface area contributed by atoms with Crippen LogP contribution in [0.3, 0.4) is 0 Å². The van der Waals surface area contributed by atoms with Crippen molar-refractivity contribution in [3.63, 3.8) is 0 Å². The van der Waals surface area contributed by atoms with Crippen molar-refractivity contribution in [2.24, 2.45) is 0 Å². The van der Waals surface area contributed by atoms with E-state index in [1.54, 1.807) is 19.2 Å². The minimum Gasteiger partial charge on any atom is -0.496 e. The van der Waals surface area contributed by atoms with Crippen LogP contribution in [0.5, 0.6) is 17.4 Å². The molecule has 8 nitrogen and oxygen atoms in total. The summed E-state index contributed by atoms with van der Waals surface area (Å²) in [6.07, 6.45) is 2.26. The highest BCUT2D eigenvalue weighted by atomic mass is 16.5. The normalized spacial score (nSPS) is 15.6. The average Bonchev–Trinajstić information content (AvgIpc) is 2.93. The van der Waals surface area contributed by atoms with E-state index >= 15 is 0 Å². The number of carbonyl (C=O) groups excluding carboxylic acids is 2. The Bertz CT molecular complexity index is 880. The molecule has 0 bridgehead atoms. The maximum absolute atomic E-state index is 12.8. The standard InChI is InChI=1S/C19H22N4O4/c1-5-19(6-2)17(24)23(18(25)22-19)15-10-16(21-11-20-15)27-13-8-7-12(3)14(9-13)26-4/h7-11H,5-6H2,1-4H3,(H,22,25). The molecule has 1 aromatic heterocycles. The van der Waals surface area contributed by atoms with Crippen LogP contribution in [-0.4, -0.2) is 34.6 Å². The molecule has 0 spiro atoms. The van der Waals surface area contributed by atoms with Crippen molar-refractivity contribution in [2.45, 2.75) is 39.2 Å². The summed E-state index contributed by atoms with van der Waals surface area (Å²) in [5.41, 5.74) is 0.0796. The molecule has 3 rings (SSSR count). The molecule has 0 atom stereocenters. The lowest BCUT2D eigenvalue weighted by Crippen LogP contribution is -2.45. The maximum Gasteiger partial charge on any atom is 0.330 e. The molecule has 142 valence electrons. The van der Waals surface area contributed by atoms with Gasteiger partial charge < -0.3 is 14.8 Å². The Balaban J connectivity index is 1.88. The molecule has 2 heterocycles. The zero-order valence-corrected chi connectivity index (χ0v) is 15.8. The van der Waals surface area contributed by atoms with E-state index in [2.05, 4.69) is 15.3 Å². The molecular weight excluding hydrogens is 348 g/mol. The van der Waals surface area contributed by atoms with Crippen molar-refractivity contribution >= 4 is 17.8 Å². The van der Waals surface area contributed by atoms with E-state index in [9.17, 15) is 9.59 Å². The third-order valence-electron chi connectivity index (χ3n) is 4.83. The summed E-state index contributed by atoms with van der Waals surface area (Å²) in [5.74, 6) is 1.28. The quantitative estimate of drug-likeness (QED) is 0.785. The van der Waals surface area contributed by atoms with E-state index in [1.807, 2.05) is 26.8 Å². The van der Waals surface area contributed by atoms with Gasteiger partial charge in [0.05, 0.1) is 7.11 Å². The lowest BCUT2D eigenvalue weighted by Gasteiger charge is -2.22. The van der Waals surface area contributed by atoms with Crippen molar-refractivity contribution in [1.82, 2.24) is 15.3 Å². The smallest absolute Gasteiger partial charge is 0.330 e. The zero-order chi connectivity index (χ0) is 19.6. The summed E-state index contributed by atoms with van der Waals surface area (Å²) in [5, 5.41) is 2.78. The number of imide groups is 1. The minimum absolute atomic E-state index is 0.172. The Morgan fingerprint density at radius 1 is 1.15 bits per heavy atom. The third-order valence-corrected chi connectivity index (χ3v) is 4.83. The summed E-state index contributed by atoms with van der Waals surface area (Å²) in [4.78, 5) is 34.4. The van der Waals surface area contributed by atoms with Crippen LogP contribution in [0.25, 0.3) is 0 Å². The predicted molar refractivity (Wildman–Crippen MR) is 99.2 cm³/mol. The molecule has 0 unspecified atom stereocenters. The van der Waals surface area contributed by atoms with Crippen LogP contribution in [0, 0.1) is 6.92 Å². The molecule has 0 saturated carbocycles.